The summed E-state index contributed by atoms with van der Waals surface area (Å²) in [7, 11) is 0. The second kappa shape index (κ2) is 7.72. The van der Waals surface area contributed by atoms with Crippen LogP contribution in [-0.2, 0) is 6.54 Å². The molecular formula is C18H16ClN5O. The SMILES string of the molecule is Cc1ccc(Nc2nccc(C(=O)NCc3ccncc3)n2)cc1Cl. The van der Waals surface area contributed by atoms with Crippen LogP contribution in [0.3, 0.4) is 0 Å². The molecule has 25 heavy (non-hydrogen) atoms. The molecule has 3 rings (SSSR count). The van der Waals surface area contributed by atoms with E-state index in [2.05, 4.69) is 25.6 Å². The van der Waals surface area contributed by atoms with Crippen LogP contribution < -0.4 is 10.6 Å². The van der Waals surface area contributed by atoms with Gasteiger partial charge < -0.3 is 10.6 Å². The highest BCUT2D eigenvalue weighted by Crippen LogP contribution is 2.21. The Hall–Kier alpha value is -2.99. The first-order chi connectivity index (χ1) is 12.1. The number of carbonyl (C=O) groups is 1. The number of hydrogen-bond acceptors (Lipinski definition) is 5. The molecule has 0 spiro atoms. The highest BCUT2D eigenvalue weighted by molar-refractivity contribution is 6.31. The fourth-order valence-corrected chi connectivity index (χ4v) is 2.30. The standard InChI is InChI=1S/C18H16ClN5O/c1-12-2-3-14(10-15(12)19)23-18-21-9-6-16(24-18)17(25)22-11-13-4-7-20-8-5-13/h2-10H,11H2,1H3,(H,22,25)(H,21,23,24). The van der Waals surface area contributed by atoms with Gasteiger partial charge in [0.05, 0.1) is 0 Å². The topological polar surface area (TPSA) is 79.8 Å². The van der Waals surface area contributed by atoms with E-state index in [1.807, 2.05) is 31.2 Å². The molecule has 2 N–H and O–H groups in total. The first kappa shape index (κ1) is 16.9. The summed E-state index contributed by atoms with van der Waals surface area (Å²) in [6.45, 7) is 2.33. The van der Waals surface area contributed by atoms with Gasteiger partial charge in [-0.05, 0) is 48.4 Å². The van der Waals surface area contributed by atoms with Crippen LogP contribution in [0.4, 0.5) is 11.6 Å². The maximum atomic E-state index is 12.3. The molecule has 0 unspecified atom stereocenters. The number of nitrogens with zero attached hydrogens (tertiary/aromatic N) is 3. The predicted octanol–water partition coefficient (Wildman–Crippen LogP) is 3.51. The van der Waals surface area contributed by atoms with Crippen LogP contribution in [0.5, 0.6) is 0 Å². The molecule has 0 fully saturated rings. The van der Waals surface area contributed by atoms with Crippen molar-refractivity contribution in [3.05, 3.63) is 76.8 Å². The number of amides is 1. The lowest BCUT2D eigenvalue weighted by Gasteiger charge is -2.08. The Morgan fingerprint density at radius 1 is 1.12 bits per heavy atom. The summed E-state index contributed by atoms with van der Waals surface area (Å²) >= 11 is 6.11. The third-order valence-electron chi connectivity index (χ3n) is 3.52. The van der Waals surface area contributed by atoms with Crippen molar-refractivity contribution in [1.82, 2.24) is 20.3 Å². The molecule has 0 aliphatic rings. The number of pyridine rings is 1. The van der Waals surface area contributed by atoms with Crippen LogP contribution in [0.15, 0.2) is 55.0 Å². The fraction of sp³-hybridized carbons (Fsp3) is 0.111. The minimum absolute atomic E-state index is 0.274. The van der Waals surface area contributed by atoms with Crippen LogP contribution in [0, 0.1) is 6.92 Å². The molecule has 0 atom stereocenters. The van der Waals surface area contributed by atoms with Crippen molar-refractivity contribution in [2.75, 3.05) is 5.32 Å². The van der Waals surface area contributed by atoms with E-state index in [0.717, 1.165) is 16.8 Å². The number of nitrogens with one attached hydrogen (secondary N) is 2. The van der Waals surface area contributed by atoms with E-state index in [1.54, 1.807) is 24.5 Å². The molecule has 7 heteroatoms. The van der Waals surface area contributed by atoms with Crippen molar-refractivity contribution in [2.24, 2.45) is 0 Å². The molecule has 2 heterocycles. The van der Waals surface area contributed by atoms with Gasteiger partial charge in [-0.15, -0.1) is 0 Å². The van der Waals surface area contributed by atoms with E-state index >= 15 is 0 Å². The molecule has 0 saturated carbocycles. The lowest BCUT2D eigenvalue weighted by Crippen LogP contribution is -2.24. The third-order valence-corrected chi connectivity index (χ3v) is 3.93. The number of aromatic nitrogens is 3. The van der Waals surface area contributed by atoms with E-state index < -0.39 is 0 Å². The lowest BCUT2D eigenvalue weighted by molar-refractivity contribution is 0.0946. The van der Waals surface area contributed by atoms with Crippen LogP contribution >= 0.6 is 11.6 Å². The summed E-state index contributed by atoms with van der Waals surface area (Å²) < 4.78 is 0. The summed E-state index contributed by atoms with van der Waals surface area (Å²) in [5, 5.41) is 6.51. The first-order valence-electron chi connectivity index (χ1n) is 7.65. The van der Waals surface area contributed by atoms with Crippen LogP contribution in [-0.4, -0.2) is 20.9 Å². The maximum absolute atomic E-state index is 12.3. The van der Waals surface area contributed by atoms with Gasteiger partial charge in [0.2, 0.25) is 5.95 Å². The highest BCUT2D eigenvalue weighted by atomic mass is 35.5. The number of carbonyl (C=O) groups excluding carboxylic acids is 1. The Balaban J connectivity index is 1.68. The van der Waals surface area contributed by atoms with E-state index in [0.29, 0.717) is 17.5 Å². The number of benzene rings is 1. The number of hydrogen-bond donors (Lipinski definition) is 2. The molecular weight excluding hydrogens is 338 g/mol. The number of rotatable bonds is 5. The Labute approximate surface area is 150 Å². The van der Waals surface area contributed by atoms with Gasteiger partial charge in [-0.3, -0.25) is 9.78 Å². The second-order valence-electron chi connectivity index (χ2n) is 5.39. The minimum atomic E-state index is -0.274. The molecule has 2 aromatic heterocycles. The zero-order valence-electron chi connectivity index (χ0n) is 13.5. The van der Waals surface area contributed by atoms with E-state index in [9.17, 15) is 4.79 Å². The van der Waals surface area contributed by atoms with Crippen LogP contribution in [0.2, 0.25) is 5.02 Å². The average Bonchev–Trinajstić information content (AvgIpc) is 2.64. The van der Waals surface area contributed by atoms with Crippen LogP contribution in [0.25, 0.3) is 0 Å². The molecule has 126 valence electrons. The fourth-order valence-electron chi connectivity index (χ4n) is 2.12. The average molecular weight is 354 g/mol. The van der Waals surface area contributed by atoms with Gasteiger partial charge >= 0.3 is 0 Å². The van der Waals surface area contributed by atoms with Crippen molar-refractivity contribution in [1.29, 1.82) is 0 Å². The van der Waals surface area contributed by atoms with Gasteiger partial charge in [0.1, 0.15) is 5.69 Å². The third kappa shape index (κ3) is 4.51. The molecule has 3 aromatic rings. The quantitative estimate of drug-likeness (QED) is 0.733. The molecule has 1 aromatic carbocycles. The van der Waals surface area contributed by atoms with Crippen molar-refractivity contribution < 1.29 is 4.79 Å². The van der Waals surface area contributed by atoms with Crippen molar-refractivity contribution in [3.8, 4) is 0 Å². The van der Waals surface area contributed by atoms with E-state index in [4.69, 9.17) is 11.6 Å². The minimum Gasteiger partial charge on any atom is -0.347 e. The Kier molecular flexibility index (Phi) is 5.20. The van der Waals surface area contributed by atoms with Gasteiger partial charge in [-0.1, -0.05) is 17.7 Å². The highest BCUT2D eigenvalue weighted by Gasteiger charge is 2.09. The summed E-state index contributed by atoms with van der Waals surface area (Å²) in [5.41, 5.74) is 2.98. The molecule has 6 nitrogen and oxygen atoms in total. The van der Waals surface area contributed by atoms with Crippen LogP contribution in [0.1, 0.15) is 21.6 Å². The molecule has 0 aliphatic carbocycles. The zero-order valence-corrected chi connectivity index (χ0v) is 14.3. The van der Waals surface area contributed by atoms with Gasteiger partial charge in [-0.2, -0.15) is 0 Å². The van der Waals surface area contributed by atoms with E-state index in [1.165, 1.54) is 6.20 Å². The summed E-state index contributed by atoms with van der Waals surface area (Å²) in [6, 6.07) is 10.8. The van der Waals surface area contributed by atoms with Crippen molar-refractivity contribution in [3.63, 3.8) is 0 Å². The van der Waals surface area contributed by atoms with E-state index in [-0.39, 0.29) is 11.6 Å². The smallest absolute Gasteiger partial charge is 0.270 e. The number of anilines is 2. The Bertz CT molecular complexity index is 886. The summed E-state index contributed by atoms with van der Waals surface area (Å²) in [5.74, 6) is 0.0562. The number of aryl methyl sites for hydroxylation is 1. The Morgan fingerprint density at radius 2 is 1.92 bits per heavy atom. The maximum Gasteiger partial charge on any atom is 0.270 e. The number of halogens is 1. The van der Waals surface area contributed by atoms with Crippen molar-refractivity contribution >= 4 is 29.1 Å². The molecule has 1 amide bonds. The van der Waals surface area contributed by atoms with Gasteiger partial charge in [-0.25, -0.2) is 9.97 Å². The predicted molar refractivity (Wildman–Crippen MR) is 96.9 cm³/mol. The molecule has 0 radical (unpaired) electrons. The van der Waals surface area contributed by atoms with Crippen molar-refractivity contribution in [2.45, 2.75) is 13.5 Å². The molecule has 0 saturated heterocycles. The lowest BCUT2D eigenvalue weighted by atomic mass is 10.2. The summed E-state index contributed by atoms with van der Waals surface area (Å²) in [4.78, 5) is 24.6. The molecule has 0 bridgehead atoms. The molecule has 0 aliphatic heterocycles. The van der Waals surface area contributed by atoms with Gasteiger partial charge in [0, 0.05) is 35.8 Å². The van der Waals surface area contributed by atoms with Gasteiger partial charge in [0.25, 0.3) is 5.91 Å². The van der Waals surface area contributed by atoms with Gasteiger partial charge in [0.15, 0.2) is 0 Å². The largest absolute Gasteiger partial charge is 0.347 e. The Morgan fingerprint density at radius 3 is 2.68 bits per heavy atom. The zero-order chi connectivity index (χ0) is 17.6. The monoisotopic (exact) mass is 353 g/mol. The normalized spacial score (nSPS) is 10.3. The second-order valence-corrected chi connectivity index (χ2v) is 5.80. The first-order valence-corrected chi connectivity index (χ1v) is 8.03. The summed E-state index contributed by atoms with van der Waals surface area (Å²) in [6.07, 6.45) is 4.90.